The fraction of sp³-hybridized carbons (Fsp3) is 0. The molecule has 2 aromatic carbocycles. The highest BCUT2D eigenvalue weighted by Gasteiger charge is 2.09. The second-order valence-electron chi connectivity index (χ2n) is 3.61. The molecule has 0 aliphatic carbocycles. The van der Waals surface area contributed by atoms with Crippen molar-refractivity contribution in [3.05, 3.63) is 52.0 Å². The van der Waals surface area contributed by atoms with Crippen LogP contribution in [0.2, 0.25) is 5.02 Å². The molecule has 1 aromatic heterocycles. The first kappa shape index (κ1) is 10.8. The first-order valence-electron chi connectivity index (χ1n) is 5.05. The minimum Gasteiger partial charge on any atom is -0.435 e. The maximum Gasteiger partial charge on any atom is 0.227 e. The Hall–Kier alpha value is -1.32. The van der Waals surface area contributed by atoms with Crippen LogP contribution >= 0.6 is 27.5 Å². The lowest BCUT2D eigenvalue weighted by atomic mass is 10.2. The quantitative estimate of drug-likeness (QED) is 0.638. The lowest BCUT2D eigenvalue weighted by Gasteiger charge is -1.94. The van der Waals surface area contributed by atoms with Gasteiger partial charge >= 0.3 is 0 Å². The van der Waals surface area contributed by atoms with Crippen LogP contribution in [0.3, 0.4) is 0 Å². The van der Waals surface area contributed by atoms with Crippen molar-refractivity contribution < 1.29 is 4.42 Å². The molecular formula is C13H7BrClNO. The summed E-state index contributed by atoms with van der Waals surface area (Å²) in [6, 6.07) is 13.3. The van der Waals surface area contributed by atoms with E-state index in [4.69, 9.17) is 16.0 Å². The van der Waals surface area contributed by atoms with Gasteiger partial charge in [0.25, 0.3) is 0 Å². The molecule has 3 rings (SSSR count). The van der Waals surface area contributed by atoms with E-state index in [0.717, 1.165) is 15.6 Å². The van der Waals surface area contributed by atoms with Crippen LogP contribution in [0.5, 0.6) is 0 Å². The van der Waals surface area contributed by atoms with Gasteiger partial charge in [0.2, 0.25) is 5.89 Å². The van der Waals surface area contributed by atoms with Gasteiger partial charge in [0, 0.05) is 10.0 Å². The van der Waals surface area contributed by atoms with Crippen LogP contribution in [0, 0.1) is 0 Å². The van der Waals surface area contributed by atoms with E-state index in [9.17, 15) is 0 Å². The van der Waals surface area contributed by atoms with E-state index in [1.54, 1.807) is 6.07 Å². The van der Waals surface area contributed by atoms with Crippen LogP contribution in [0.1, 0.15) is 0 Å². The number of aromatic nitrogens is 1. The first-order chi connectivity index (χ1) is 8.24. The van der Waals surface area contributed by atoms with Crippen molar-refractivity contribution in [1.29, 1.82) is 0 Å². The molecule has 2 nitrogen and oxygen atoms in total. The van der Waals surface area contributed by atoms with Crippen molar-refractivity contribution in [3.8, 4) is 11.5 Å². The van der Waals surface area contributed by atoms with E-state index in [2.05, 4.69) is 20.9 Å². The van der Waals surface area contributed by atoms with E-state index in [0.29, 0.717) is 16.5 Å². The molecule has 0 saturated heterocycles. The third kappa shape index (κ3) is 1.96. The average Bonchev–Trinajstić information content (AvgIpc) is 2.75. The topological polar surface area (TPSA) is 26.0 Å². The average molecular weight is 309 g/mol. The summed E-state index contributed by atoms with van der Waals surface area (Å²) in [5, 5.41) is 0.582. The smallest absolute Gasteiger partial charge is 0.227 e. The van der Waals surface area contributed by atoms with Gasteiger partial charge in [0.1, 0.15) is 5.52 Å². The van der Waals surface area contributed by atoms with Crippen LogP contribution < -0.4 is 0 Å². The van der Waals surface area contributed by atoms with Crippen LogP contribution in [0.25, 0.3) is 22.6 Å². The molecule has 0 fully saturated rings. The van der Waals surface area contributed by atoms with Crippen molar-refractivity contribution in [2.45, 2.75) is 0 Å². The Bertz CT molecular complexity index is 675. The maximum atomic E-state index is 6.04. The molecule has 0 N–H and O–H groups in total. The molecule has 0 amide bonds. The highest BCUT2D eigenvalue weighted by atomic mass is 79.9. The highest BCUT2D eigenvalue weighted by Crippen LogP contribution is 2.29. The summed E-state index contributed by atoms with van der Waals surface area (Å²) in [6.07, 6.45) is 0. The number of para-hydroxylation sites is 1. The normalized spacial score (nSPS) is 10.9. The Morgan fingerprint density at radius 1 is 1.06 bits per heavy atom. The second-order valence-corrected chi connectivity index (χ2v) is 4.94. The lowest BCUT2D eigenvalue weighted by Crippen LogP contribution is -1.75. The second kappa shape index (κ2) is 4.17. The zero-order valence-corrected chi connectivity index (χ0v) is 11.0. The molecule has 0 atom stereocenters. The monoisotopic (exact) mass is 307 g/mol. The molecule has 84 valence electrons. The fourth-order valence-electron chi connectivity index (χ4n) is 1.63. The van der Waals surface area contributed by atoms with Gasteiger partial charge in [-0.05, 0) is 36.4 Å². The molecule has 4 heteroatoms. The van der Waals surface area contributed by atoms with Crippen LogP contribution in [0.15, 0.2) is 51.4 Å². The lowest BCUT2D eigenvalue weighted by molar-refractivity contribution is 0.620. The van der Waals surface area contributed by atoms with Crippen LogP contribution in [-0.4, -0.2) is 4.98 Å². The Morgan fingerprint density at radius 2 is 1.82 bits per heavy atom. The van der Waals surface area contributed by atoms with Crippen molar-refractivity contribution in [2.75, 3.05) is 0 Å². The van der Waals surface area contributed by atoms with Gasteiger partial charge < -0.3 is 4.42 Å². The van der Waals surface area contributed by atoms with Crippen molar-refractivity contribution in [3.63, 3.8) is 0 Å². The Balaban J connectivity index is 2.18. The number of hydrogen-bond acceptors (Lipinski definition) is 2. The number of rotatable bonds is 1. The van der Waals surface area contributed by atoms with Crippen molar-refractivity contribution >= 4 is 38.6 Å². The first-order valence-corrected chi connectivity index (χ1v) is 6.22. The Labute approximate surface area is 111 Å². The molecule has 0 aliphatic rings. The molecular weight excluding hydrogens is 302 g/mol. The number of fused-ring (bicyclic) bond motifs is 1. The minimum atomic E-state index is 0.582. The summed E-state index contributed by atoms with van der Waals surface area (Å²) in [5.74, 6) is 0.584. The number of benzene rings is 2. The molecule has 0 bridgehead atoms. The highest BCUT2D eigenvalue weighted by molar-refractivity contribution is 9.10. The molecule has 3 aromatic rings. The van der Waals surface area contributed by atoms with E-state index in [1.807, 2.05) is 36.4 Å². The molecule has 0 aliphatic heterocycles. The molecule has 0 unspecified atom stereocenters. The molecule has 0 radical (unpaired) electrons. The molecule has 1 heterocycles. The summed E-state index contributed by atoms with van der Waals surface area (Å²) in [6.45, 7) is 0. The maximum absolute atomic E-state index is 6.04. The summed E-state index contributed by atoms with van der Waals surface area (Å²) in [7, 11) is 0. The van der Waals surface area contributed by atoms with Gasteiger partial charge in [-0.3, -0.25) is 0 Å². The Kier molecular flexibility index (Phi) is 2.65. The predicted octanol–water partition coefficient (Wildman–Crippen LogP) is 4.91. The van der Waals surface area contributed by atoms with Gasteiger partial charge in [-0.25, -0.2) is 4.98 Å². The van der Waals surface area contributed by atoms with Gasteiger partial charge in [-0.2, -0.15) is 0 Å². The third-order valence-corrected chi connectivity index (χ3v) is 3.28. The standard InChI is InChI=1S/C13H7BrClNO/c14-9-6-4-8(5-7-9)13-16-11-3-1-2-10(15)12(11)17-13/h1-7H. The zero-order chi connectivity index (χ0) is 11.8. The van der Waals surface area contributed by atoms with Gasteiger partial charge in [-0.1, -0.05) is 33.6 Å². The van der Waals surface area contributed by atoms with E-state index in [-0.39, 0.29) is 0 Å². The van der Waals surface area contributed by atoms with Gasteiger partial charge in [-0.15, -0.1) is 0 Å². The largest absolute Gasteiger partial charge is 0.435 e. The zero-order valence-electron chi connectivity index (χ0n) is 8.65. The minimum absolute atomic E-state index is 0.582. The number of hydrogen-bond donors (Lipinski definition) is 0. The Morgan fingerprint density at radius 3 is 2.53 bits per heavy atom. The van der Waals surface area contributed by atoms with E-state index < -0.39 is 0 Å². The van der Waals surface area contributed by atoms with E-state index >= 15 is 0 Å². The molecule has 0 spiro atoms. The SMILES string of the molecule is Clc1cccc2nc(-c3ccc(Br)cc3)oc12. The van der Waals surface area contributed by atoms with E-state index in [1.165, 1.54) is 0 Å². The van der Waals surface area contributed by atoms with Gasteiger partial charge in [0.15, 0.2) is 5.58 Å². The summed E-state index contributed by atoms with van der Waals surface area (Å²) < 4.78 is 6.69. The van der Waals surface area contributed by atoms with Crippen molar-refractivity contribution in [2.24, 2.45) is 0 Å². The third-order valence-electron chi connectivity index (χ3n) is 2.46. The molecule has 17 heavy (non-hydrogen) atoms. The number of halogens is 2. The van der Waals surface area contributed by atoms with Crippen LogP contribution in [-0.2, 0) is 0 Å². The summed E-state index contributed by atoms with van der Waals surface area (Å²) >= 11 is 9.43. The van der Waals surface area contributed by atoms with Crippen LogP contribution in [0.4, 0.5) is 0 Å². The molecule has 0 saturated carbocycles. The summed E-state index contributed by atoms with van der Waals surface area (Å²) in [4.78, 5) is 4.41. The number of nitrogens with zero attached hydrogens (tertiary/aromatic N) is 1. The summed E-state index contributed by atoms with van der Waals surface area (Å²) in [5.41, 5.74) is 2.34. The number of oxazole rings is 1. The predicted molar refractivity (Wildman–Crippen MR) is 72.2 cm³/mol. The van der Waals surface area contributed by atoms with Crippen molar-refractivity contribution in [1.82, 2.24) is 4.98 Å². The fourth-order valence-corrected chi connectivity index (χ4v) is 2.10. The van der Waals surface area contributed by atoms with Gasteiger partial charge in [0.05, 0.1) is 5.02 Å².